The highest BCUT2D eigenvalue weighted by atomic mass is 16.5. The van der Waals surface area contributed by atoms with Gasteiger partial charge in [-0.25, -0.2) is 0 Å². The predicted molar refractivity (Wildman–Crippen MR) is 56.9 cm³/mol. The first-order chi connectivity index (χ1) is 7.17. The number of hydrogen-bond acceptors (Lipinski definition) is 4. The fourth-order valence-electron chi connectivity index (χ4n) is 1.07. The van der Waals surface area contributed by atoms with E-state index in [4.69, 9.17) is 10.00 Å². The molecule has 78 valence electrons. The molecule has 0 aliphatic heterocycles. The van der Waals surface area contributed by atoms with E-state index in [0.717, 1.165) is 5.69 Å². The second-order valence-electron chi connectivity index (χ2n) is 3.20. The standard InChI is InChI=1S/C11H12N2O2/c1-13(2)9-4-3-5-10(6-9)15-11(7-12)8-14/h3-6,8,11H,1-2H3. The number of nitriles is 1. The van der Waals surface area contributed by atoms with E-state index in [1.807, 2.05) is 31.1 Å². The Morgan fingerprint density at radius 3 is 2.80 bits per heavy atom. The molecule has 15 heavy (non-hydrogen) atoms. The number of benzene rings is 1. The third-order valence-corrected chi connectivity index (χ3v) is 1.85. The van der Waals surface area contributed by atoms with Crippen LogP contribution in [0.25, 0.3) is 0 Å². The molecule has 0 aliphatic carbocycles. The van der Waals surface area contributed by atoms with Crippen molar-refractivity contribution in [2.45, 2.75) is 6.10 Å². The third kappa shape index (κ3) is 2.99. The number of ether oxygens (including phenoxy) is 1. The van der Waals surface area contributed by atoms with Gasteiger partial charge in [-0.05, 0) is 12.1 Å². The number of rotatable bonds is 4. The van der Waals surface area contributed by atoms with E-state index < -0.39 is 6.10 Å². The Balaban J connectivity index is 2.82. The molecule has 0 saturated carbocycles. The summed E-state index contributed by atoms with van der Waals surface area (Å²) >= 11 is 0. The predicted octanol–water partition coefficient (Wildman–Crippen LogP) is 1.22. The fraction of sp³-hybridized carbons (Fsp3) is 0.273. The van der Waals surface area contributed by atoms with Gasteiger partial charge in [-0.3, -0.25) is 4.79 Å². The second kappa shape index (κ2) is 5.01. The lowest BCUT2D eigenvalue weighted by atomic mass is 10.3. The summed E-state index contributed by atoms with van der Waals surface area (Å²) in [7, 11) is 3.81. The summed E-state index contributed by atoms with van der Waals surface area (Å²) in [6, 6.07) is 8.95. The monoisotopic (exact) mass is 204 g/mol. The van der Waals surface area contributed by atoms with Crippen LogP contribution in [0.15, 0.2) is 24.3 Å². The highest BCUT2D eigenvalue weighted by Gasteiger charge is 2.07. The third-order valence-electron chi connectivity index (χ3n) is 1.85. The molecule has 0 radical (unpaired) electrons. The number of nitrogens with zero attached hydrogens (tertiary/aromatic N) is 2. The maximum Gasteiger partial charge on any atom is 0.238 e. The van der Waals surface area contributed by atoms with Crippen LogP contribution in [-0.2, 0) is 4.79 Å². The van der Waals surface area contributed by atoms with Gasteiger partial charge in [-0.2, -0.15) is 5.26 Å². The minimum atomic E-state index is -1.04. The zero-order valence-corrected chi connectivity index (χ0v) is 8.68. The smallest absolute Gasteiger partial charge is 0.238 e. The molecule has 0 N–H and O–H groups in total. The lowest BCUT2D eigenvalue weighted by Gasteiger charge is -2.14. The lowest BCUT2D eigenvalue weighted by Crippen LogP contribution is -2.15. The zero-order valence-electron chi connectivity index (χ0n) is 8.68. The van der Waals surface area contributed by atoms with Gasteiger partial charge < -0.3 is 9.64 Å². The highest BCUT2D eigenvalue weighted by Crippen LogP contribution is 2.19. The largest absolute Gasteiger partial charge is 0.468 e. The summed E-state index contributed by atoms with van der Waals surface area (Å²) in [5.41, 5.74) is 0.954. The number of anilines is 1. The quantitative estimate of drug-likeness (QED) is 0.692. The average molecular weight is 204 g/mol. The van der Waals surface area contributed by atoms with E-state index in [-0.39, 0.29) is 0 Å². The normalized spacial score (nSPS) is 11.3. The molecule has 1 atom stereocenters. The number of carbonyl (C=O) groups excluding carboxylic acids is 1. The Morgan fingerprint density at radius 2 is 2.27 bits per heavy atom. The lowest BCUT2D eigenvalue weighted by molar-refractivity contribution is -0.111. The molecule has 4 heteroatoms. The first-order valence-electron chi connectivity index (χ1n) is 4.46. The van der Waals surface area contributed by atoms with Crippen molar-refractivity contribution in [1.29, 1.82) is 5.26 Å². The van der Waals surface area contributed by atoms with Crippen LogP contribution in [0.5, 0.6) is 5.75 Å². The fourth-order valence-corrected chi connectivity index (χ4v) is 1.07. The summed E-state index contributed by atoms with van der Waals surface area (Å²) in [6.07, 6.45) is -0.565. The van der Waals surface area contributed by atoms with Crippen LogP contribution in [0.1, 0.15) is 0 Å². The van der Waals surface area contributed by atoms with Crippen LogP contribution in [0, 0.1) is 11.3 Å². The van der Waals surface area contributed by atoms with Gasteiger partial charge in [0, 0.05) is 25.8 Å². The molecule has 0 aliphatic rings. The summed E-state index contributed by atoms with van der Waals surface area (Å²) in [5.74, 6) is 0.514. The molecule has 0 spiro atoms. The van der Waals surface area contributed by atoms with Crippen molar-refractivity contribution in [3.05, 3.63) is 24.3 Å². The summed E-state index contributed by atoms with van der Waals surface area (Å²) < 4.78 is 5.15. The van der Waals surface area contributed by atoms with E-state index in [1.165, 1.54) is 0 Å². The van der Waals surface area contributed by atoms with Gasteiger partial charge >= 0.3 is 0 Å². The number of hydrogen-bond donors (Lipinski definition) is 0. The molecular weight excluding hydrogens is 192 g/mol. The van der Waals surface area contributed by atoms with Gasteiger partial charge in [0.25, 0.3) is 0 Å². The van der Waals surface area contributed by atoms with Crippen molar-refractivity contribution < 1.29 is 9.53 Å². The van der Waals surface area contributed by atoms with Gasteiger partial charge in [0.05, 0.1) is 0 Å². The first-order valence-corrected chi connectivity index (χ1v) is 4.46. The molecule has 0 amide bonds. The molecular formula is C11H12N2O2. The van der Waals surface area contributed by atoms with Gasteiger partial charge in [-0.15, -0.1) is 0 Å². The molecule has 0 heterocycles. The van der Waals surface area contributed by atoms with Crippen LogP contribution >= 0.6 is 0 Å². The Bertz CT molecular complexity index is 382. The van der Waals surface area contributed by atoms with E-state index in [9.17, 15) is 4.79 Å². The number of aldehydes is 1. The molecule has 0 bridgehead atoms. The number of carbonyl (C=O) groups is 1. The average Bonchev–Trinajstić information content (AvgIpc) is 2.26. The topological polar surface area (TPSA) is 53.3 Å². The Morgan fingerprint density at radius 1 is 1.53 bits per heavy atom. The molecule has 1 rings (SSSR count). The molecule has 1 aromatic rings. The second-order valence-corrected chi connectivity index (χ2v) is 3.20. The molecule has 1 aromatic carbocycles. The minimum absolute atomic E-state index is 0.475. The summed E-state index contributed by atoms with van der Waals surface area (Å²) in [5, 5.41) is 8.55. The van der Waals surface area contributed by atoms with E-state index in [2.05, 4.69) is 0 Å². The van der Waals surface area contributed by atoms with E-state index >= 15 is 0 Å². The van der Waals surface area contributed by atoms with Crippen molar-refractivity contribution in [2.75, 3.05) is 19.0 Å². The van der Waals surface area contributed by atoms with Crippen LogP contribution in [0.4, 0.5) is 5.69 Å². The molecule has 0 aromatic heterocycles. The Hall–Kier alpha value is -2.02. The van der Waals surface area contributed by atoms with Crippen molar-refractivity contribution in [3.63, 3.8) is 0 Å². The molecule has 1 unspecified atom stereocenters. The van der Waals surface area contributed by atoms with Crippen molar-refractivity contribution >= 4 is 12.0 Å². The molecule has 0 saturated heterocycles. The SMILES string of the molecule is CN(C)c1cccc(OC(C#N)C=O)c1. The first kappa shape index (κ1) is 11.1. The Kier molecular flexibility index (Phi) is 3.69. The van der Waals surface area contributed by atoms with Gasteiger partial charge in [0.15, 0.2) is 6.29 Å². The highest BCUT2D eigenvalue weighted by molar-refractivity contribution is 5.61. The minimum Gasteiger partial charge on any atom is -0.468 e. The van der Waals surface area contributed by atoms with Crippen LogP contribution in [0.3, 0.4) is 0 Å². The maximum absolute atomic E-state index is 10.4. The van der Waals surface area contributed by atoms with Gasteiger partial charge in [-0.1, -0.05) is 6.07 Å². The van der Waals surface area contributed by atoms with Crippen LogP contribution in [0.2, 0.25) is 0 Å². The Labute approximate surface area is 88.7 Å². The summed E-state index contributed by atoms with van der Waals surface area (Å²) in [6.45, 7) is 0. The van der Waals surface area contributed by atoms with E-state index in [0.29, 0.717) is 12.0 Å². The molecule has 0 fully saturated rings. The van der Waals surface area contributed by atoms with Gasteiger partial charge in [0.1, 0.15) is 11.8 Å². The van der Waals surface area contributed by atoms with Gasteiger partial charge in [0.2, 0.25) is 6.10 Å². The van der Waals surface area contributed by atoms with Crippen LogP contribution in [-0.4, -0.2) is 26.5 Å². The zero-order chi connectivity index (χ0) is 11.3. The van der Waals surface area contributed by atoms with Crippen molar-refractivity contribution in [1.82, 2.24) is 0 Å². The van der Waals surface area contributed by atoms with E-state index in [1.54, 1.807) is 18.2 Å². The maximum atomic E-state index is 10.4. The molecule has 4 nitrogen and oxygen atoms in total. The van der Waals surface area contributed by atoms with Crippen molar-refractivity contribution in [2.24, 2.45) is 0 Å². The van der Waals surface area contributed by atoms with Crippen LogP contribution < -0.4 is 9.64 Å². The van der Waals surface area contributed by atoms with Crippen molar-refractivity contribution in [3.8, 4) is 11.8 Å². The summed E-state index contributed by atoms with van der Waals surface area (Å²) in [4.78, 5) is 12.3.